The van der Waals surface area contributed by atoms with E-state index in [0.29, 0.717) is 33.3 Å². The summed E-state index contributed by atoms with van der Waals surface area (Å²) in [5.41, 5.74) is 7.06. The number of oxime groups is 1. The van der Waals surface area contributed by atoms with Crippen LogP contribution in [0.5, 0.6) is 5.75 Å². The third kappa shape index (κ3) is 4.98. The number of benzene rings is 3. The number of methoxy groups -OCH3 is 1. The fraction of sp³-hybridized carbons (Fsp3) is 0.194. The highest BCUT2D eigenvalue weighted by Gasteiger charge is 2.29. The normalized spacial score (nSPS) is 16.3. The number of hydrogen-bond acceptors (Lipinski definition) is 5. The van der Waals surface area contributed by atoms with Crippen LogP contribution in [0.25, 0.3) is 28.1 Å². The number of halogens is 2. The van der Waals surface area contributed by atoms with E-state index in [1.165, 1.54) is 0 Å². The number of rotatable bonds is 7. The monoisotopic (exact) mass is 541 g/mol. The molecule has 3 aromatic carbocycles. The Bertz CT molecular complexity index is 1670. The zero-order valence-electron chi connectivity index (χ0n) is 21.2. The van der Waals surface area contributed by atoms with E-state index in [2.05, 4.69) is 32.3 Å². The summed E-state index contributed by atoms with van der Waals surface area (Å²) in [7, 11) is 1.62. The zero-order valence-corrected chi connectivity index (χ0v) is 22.0. The van der Waals surface area contributed by atoms with Crippen LogP contribution < -0.4 is 4.74 Å². The Balaban J connectivity index is 1.51. The van der Waals surface area contributed by atoms with Crippen LogP contribution in [0.4, 0.5) is 4.39 Å². The lowest BCUT2D eigenvalue weighted by Crippen LogP contribution is -2.15. The maximum absolute atomic E-state index is 14.6. The van der Waals surface area contributed by atoms with E-state index in [-0.39, 0.29) is 12.4 Å². The van der Waals surface area contributed by atoms with Crippen LogP contribution in [0.15, 0.2) is 71.9 Å². The van der Waals surface area contributed by atoms with Crippen LogP contribution in [-0.4, -0.2) is 29.0 Å². The summed E-state index contributed by atoms with van der Waals surface area (Å²) in [6, 6.07) is 19.6. The van der Waals surface area contributed by atoms with Gasteiger partial charge in [-0.05, 0) is 88.6 Å². The topological polar surface area (TPSA) is 76.6 Å². The number of fused-ring (bicyclic) bond motifs is 1. The molecular formula is C31H25ClFN3O3. The molecule has 1 N–H and O–H groups in total. The van der Waals surface area contributed by atoms with Crippen LogP contribution in [0.1, 0.15) is 47.9 Å². The molecular weight excluding hydrogens is 517 g/mol. The molecule has 0 amide bonds. The molecule has 39 heavy (non-hydrogen) atoms. The molecule has 2 heterocycles. The molecule has 4 aromatic rings. The van der Waals surface area contributed by atoms with E-state index >= 15 is 0 Å². The largest absolute Gasteiger partial charge is 0.497 e. The number of H-pyrrole nitrogens is 1. The lowest BCUT2D eigenvalue weighted by molar-refractivity contribution is -0.140. The number of carbonyl (C=O) groups is 1. The second kappa shape index (κ2) is 10.5. The van der Waals surface area contributed by atoms with E-state index in [1.54, 1.807) is 13.2 Å². The van der Waals surface area contributed by atoms with Gasteiger partial charge < -0.3 is 9.57 Å². The number of hydrogen-bond donors (Lipinski definition) is 1. The molecule has 6 rings (SSSR count). The molecule has 0 radical (unpaired) electrons. The Labute approximate surface area is 229 Å². The number of ether oxygens (including phenoxy) is 1. The first kappa shape index (κ1) is 25.1. The summed E-state index contributed by atoms with van der Waals surface area (Å²) in [5.74, 6) is 0.187. The van der Waals surface area contributed by atoms with Crippen molar-refractivity contribution < 1.29 is 18.8 Å². The first-order valence-corrected chi connectivity index (χ1v) is 13.2. The average molecular weight is 542 g/mol. The van der Waals surface area contributed by atoms with E-state index < -0.39 is 5.95 Å². The van der Waals surface area contributed by atoms with Crippen molar-refractivity contribution in [1.82, 2.24) is 10.2 Å². The minimum Gasteiger partial charge on any atom is -0.497 e. The zero-order chi connectivity index (χ0) is 26.9. The SMILES string of the molecule is COc1ccc(/C(=C(\c2ccc(/C=C/C3=NOC(=O)C3)cc2)c2ccc3n[nH]c(F)c3c2)C2CCC2)c(Cl)c1. The minimum atomic E-state index is -0.461. The van der Waals surface area contributed by atoms with E-state index in [0.717, 1.165) is 52.7 Å². The summed E-state index contributed by atoms with van der Waals surface area (Å²) >= 11 is 6.85. The second-order valence-corrected chi connectivity index (χ2v) is 10.1. The fourth-order valence-corrected chi connectivity index (χ4v) is 5.35. The summed E-state index contributed by atoms with van der Waals surface area (Å²) in [5, 5.41) is 11.3. The van der Waals surface area contributed by atoms with E-state index in [1.807, 2.05) is 54.6 Å². The number of nitrogens with zero attached hydrogens (tertiary/aromatic N) is 2. The van der Waals surface area contributed by atoms with Crippen molar-refractivity contribution in [3.8, 4) is 5.75 Å². The standard InChI is InChI=1S/C31H25ClFN3O3/c1-38-23-12-13-24(26(32)17-23)30(19-3-2-4-19)29(21-10-14-27-25(15-21)31(33)35-34-27)20-8-5-18(6-9-20)7-11-22-16-28(37)39-36-22/h5-15,17,19H,2-4,16H2,1H3,(H,34,35)/b11-7+,30-29+. The molecule has 0 atom stereocenters. The van der Waals surface area contributed by atoms with Crippen LogP contribution in [-0.2, 0) is 9.63 Å². The average Bonchev–Trinajstić information content (AvgIpc) is 3.51. The van der Waals surface area contributed by atoms with Gasteiger partial charge in [-0.15, -0.1) is 0 Å². The van der Waals surface area contributed by atoms with Gasteiger partial charge in [-0.25, -0.2) is 4.79 Å². The molecule has 1 saturated carbocycles. The van der Waals surface area contributed by atoms with Gasteiger partial charge in [-0.1, -0.05) is 59.6 Å². The first-order valence-electron chi connectivity index (χ1n) is 12.8. The highest BCUT2D eigenvalue weighted by atomic mass is 35.5. The Morgan fingerprint density at radius 2 is 1.87 bits per heavy atom. The number of carbonyl (C=O) groups excluding carboxylic acids is 1. The summed E-state index contributed by atoms with van der Waals surface area (Å²) < 4.78 is 20.0. The molecule has 1 fully saturated rings. The maximum Gasteiger partial charge on any atom is 0.341 e. The molecule has 0 spiro atoms. The molecule has 1 aliphatic heterocycles. The van der Waals surface area contributed by atoms with Crippen molar-refractivity contribution in [2.75, 3.05) is 7.11 Å². The predicted octanol–water partition coefficient (Wildman–Crippen LogP) is 7.44. The van der Waals surface area contributed by atoms with Crippen molar-refractivity contribution in [2.45, 2.75) is 25.7 Å². The predicted molar refractivity (Wildman–Crippen MR) is 151 cm³/mol. The summed E-state index contributed by atoms with van der Waals surface area (Å²) in [6.07, 6.45) is 7.09. The van der Waals surface area contributed by atoms with Crippen molar-refractivity contribution in [2.24, 2.45) is 11.1 Å². The molecule has 8 heteroatoms. The van der Waals surface area contributed by atoms with Crippen molar-refractivity contribution in [1.29, 1.82) is 0 Å². The van der Waals surface area contributed by atoms with Gasteiger partial charge in [-0.2, -0.15) is 9.49 Å². The molecule has 1 aromatic heterocycles. The quantitative estimate of drug-likeness (QED) is 0.195. The van der Waals surface area contributed by atoms with Gasteiger partial charge in [0, 0.05) is 0 Å². The Kier molecular flexibility index (Phi) is 6.75. The number of aromatic amines is 1. The molecule has 0 bridgehead atoms. The smallest absolute Gasteiger partial charge is 0.341 e. The lowest BCUT2D eigenvalue weighted by atomic mass is 9.73. The molecule has 0 unspecified atom stereocenters. The van der Waals surface area contributed by atoms with E-state index in [4.69, 9.17) is 16.3 Å². The first-order chi connectivity index (χ1) is 19.0. The van der Waals surface area contributed by atoms with Gasteiger partial charge in [0.05, 0.1) is 35.2 Å². The van der Waals surface area contributed by atoms with E-state index in [9.17, 15) is 9.18 Å². The fourth-order valence-electron chi connectivity index (χ4n) is 5.07. The number of allylic oxidation sites excluding steroid dienone is 2. The molecule has 0 saturated heterocycles. The number of nitrogens with one attached hydrogen (secondary N) is 1. The van der Waals surface area contributed by atoms with Gasteiger partial charge >= 0.3 is 5.97 Å². The van der Waals surface area contributed by atoms with Gasteiger partial charge in [0.15, 0.2) is 0 Å². The lowest BCUT2D eigenvalue weighted by Gasteiger charge is -2.32. The molecule has 6 nitrogen and oxygen atoms in total. The van der Waals surface area contributed by atoms with Crippen LogP contribution in [0.2, 0.25) is 5.02 Å². The van der Waals surface area contributed by atoms with Crippen molar-refractivity contribution in [3.05, 3.63) is 100.0 Å². The van der Waals surface area contributed by atoms with Crippen LogP contribution in [0, 0.1) is 11.9 Å². The minimum absolute atomic E-state index is 0.169. The number of aromatic nitrogens is 2. The Morgan fingerprint density at radius 1 is 1.08 bits per heavy atom. The van der Waals surface area contributed by atoms with Crippen molar-refractivity contribution in [3.63, 3.8) is 0 Å². The highest BCUT2D eigenvalue weighted by Crippen LogP contribution is 2.47. The van der Waals surface area contributed by atoms with Crippen molar-refractivity contribution >= 4 is 51.4 Å². The molecule has 196 valence electrons. The summed E-state index contributed by atoms with van der Waals surface area (Å²) in [4.78, 5) is 16.0. The van der Waals surface area contributed by atoms with Gasteiger partial charge in [0.25, 0.3) is 0 Å². The Hall–Kier alpha value is -4.23. The van der Waals surface area contributed by atoms with Gasteiger partial charge in [0.2, 0.25) is 5.95 Å². The molecule has 1 aliphatic carbocycles. The third-order valence-electron chi connectivity index (χ3n) is 7.30. The Morgan fingerprint density at radius 3 is 2.54 bits per heavy atom. The van der Waals surface area contributed by atoms with Crippen LogP contribution in [0.3, 0.4) is 0 Å². The molecule has 2 aliphatic rings. The summed E-state index contributed by atoms with van der Waals surface area (Å²) in [6.45, 7) is 0. The van der Waals surface area contributed by atoms with Gasteiger partial charge in [0.1, 0.15) is 5.75 Å². The second-order valence-electron chi connectivity index (χ2n) is 9.71. The third-order valence-corrected chi connectivity index (χ3v) is 7.62. The highest BCUT2D eigenvalue weighted by molar-refractivity contribution is 6.33. The van der Waals surface area contributed by atoms with Crippen LogP contribution >= 0.6 is 11.6 Å². The van der Waals surface area contributed by atoms with Gasteiger partial charge in [-0.3, -0.25) is 5.10 Å². The maximum atomic E-state index is 14.6.